The molecule has 0 amide bonds. The monoisotopic (exact) mass is 272 g/mol. The van der Waals surface area contributed by atoms with Gasteiger partial charge in [-0.1, -0.05) is 40.2 Å². The van der Waals surface area contributed by atoms with Crippen LogP contribution in [0.15, 0.2) is 12.7 Å². The zero-order valence-electron chi connectivity index (χ0n) is 12.3. The molecule has 0 aromatic heterocycles. The van der Waals surface area contributed by atoms with E-state index in [1.165, 1.54) is 6.08 Å². The van der Waals surface area contributed by atoms with E-state index >= 15 is 0 Å². The zero-order chi connectivity index (χ0) is 14.0. The van der Waals surface area contributed by atoms with E-state index in [0.29, 0.717) is 6.61 Å². The van der Waals surface area contributed by atoms with E-state index in [9.17, 15) is 4.79 Å². The highest BCUT2D eigenvalue weighted by molar-refractivity contribution is 6.75. The van der Waals surface area contributed by atoms with Gasteiger partial charge in [0, 0.05) is 12.7 Å². The Kier molecular flexibility index (Phi) is 9.02. The number of esters is 1. The Morgan fingerprint density at radius 2 is 1.94 bits per heavy atom. The van der Waals surface area contributed by atoms with Gasteiger partial charge in [-0.15, -0.1) is 0 Å². The summed E-state index contributed by atoms with van der Waals surface area (Å²) in [4.78, 5) is 11.5. The molecule has 3 nitrogen and oxygen atoms in total. The van der Waals surface area contributed by atoms with Crippen LogP contribution in [0.3, 0.4) is 0 Å². The van der Waals surface area contributed by atoms with Crippen molar-refractivity contribution in [3.05, 3.63) is 12.7 Å². The van der Waals surface area contributed by atoms with E-state index in [4.69, 9.17) is 9.16 Å². The molecule has 0 N–H and O–H groups in total. The second-order valence-electron chi connectivity index (χ2n) is 4.52. The van der Waals surface area contributed by atoms with E-state index in [1.54, 1.807) is 0 Å². The number of carbonyl (C=O) groups is 1. The third kappa shape index (κ3) is 4.94. The third-order valence-corrected chi connectivity index (χ3v) is 8.25. The fourth-order valence-electron chi connectivity index (χ4n) is 2.42. The van der Waals surface area contributed by atoms with Crippen molar-refractivity contribution in [1.82, 2.24) is 0 Å². The van der Waals surface area contributed by atoms with Crippen LogP contribution in [-0.2, 0) is 14.0 Å². The first-order valence-electron chi connectivity index (χ1n) is 7.07. The lowest BCUT2D eigenvalue weighted by Crippen LogP contribution is -2.52. The Balaban J connectivity index is 5.03. The summed E-state index contributed by atoms with van der Waals surface area (Å²) in [5.41, 5.74) is -0.0436. The van der Waals surface area contributed by atoms with Gasteiger partial charge in [-0.3, -0.25) is 0 Å². The van der Waals surface area contributed by atoms with Gasteiger partial charge in [-0.25, -0.2) is 4.79 Å². The maximum absolute atomic E-state index is 11.5. The number of hydrogen-bond acceptors (Lipinski definition) is 3. The zero-order valence-corrected chi connectivity index (χ0v) is 13.3. The van der Waals surface area contributed by atoms with Gasteiger partial charge in [0.2, 0.25) is 8.32 Å². The van der Waals surface area contributed by atoms with Crippen LogP contribution in [0.25, 0.3) is 0 Å². The van der Waals surface area contributed by atoms with Crippen molar-refractivity contribution in [2.24, 2.45) is 0 Å². The number of ether oxygens (including phenoxy) is 1. The van der Waals surface area contributed by atoms with Crippen LogP contribution in [0.5, 0.6) is 0 Å². The van der Waals surface area contributed by atoms with Crippen LogP contribution >= 0.6 is 0 Å². The second-order valence-corrected chi connectivity index (χ2v) is 8.79. The molecular weight excluding hydrogens is 244 g/mol. The average Bonchev–Trinajstić information content (AvgIpc) is 2.37. The van der Waals surface area contributed by atoms with E-state index in [0.717, 1.165) is 31.4 Å². The van der Waals surface area contributed by atoms with Gasteiger partial charge in [0.25, 0.3) is 0 Å². The normalized spacial score (nSPS) is 15.8. The fourth-order valence-corrected chi connectivity index (χ4v) is 6.66. The lowest BCUT2D eigenvalue weighted by Gasteiger charge is -2.36. The molecule has 106 valence electrons. The second kappa shape index (κ2) is 9.33. The maximum Gasteiger partial charge on any atom is 0.330 e. The van der Waals surface area contributed by atoms with Crippen molar-refractivity contribution >= 4 is 14.3 Å². The summed E-state index contributed by atoms with van der Waals surface area (Å²) in [5, 5.41) is 0. The smallest absolute Gasteiger partial charge is 0.330 e. The Morgan fingerprint density at radius 1 is 1.28 bits per heavy atom. The predicted molar refractivity (Wildman–Crippen MR) is 77.9 cm³/mol. The van der Waals surface area contributed by atoms with Crippen LogP contribution in [0.2, 0.25) is 12.1 Å². The first-order valence-corrected chi connectivity index (χ1v) is 9.47. The highest BCUT2D eigenvalue weighted by atomic mass is 28.4. The molecule has 0 aliphatic carbocycles. The topological polar surface area (TPSA) is 35.5 Å². The summed E-state index contributed by atoms with van der Waals surface area (Å²) >= 11 is 0. The Hall–Kier alpha value is -0.613. The summed E-state index contributed by atoms with van der Waals surface area (Å²) in [7, 11) is -1.99. The minimum atomic E-state index is -1.99. The molecule has 0 saturated carbocycles. The highest BCUT2D eigenvalue weighted by Crippen LogP contribution is 2.28. The van der Waals surface area contributed by atoms with E-state index < -0.39 is 8.32 Å². The Bertz CT molecular complexity index is 247. The van der Waals surface area contributed by atoms with Crippen molar-refractivity contribution < 1.29 is 14.0 Å². The van der Waals surface area contributed by atoms with E-state index in [2.05, 4.69) is 27.4 Å². The summed E-state index contributed by atoms with van der Waals surface area (Å²) in [6.45, 7) is 12.6. The van der Waals surface area contributed by atoms with Crippen molar-refractivity contribution in [2.45, 2.75) is 64.8 Å². The molecule has 0 spiro atoms. The minimum absolute atomic E-state index is 0.0436. The number of carbonyl (C=O) groups excluding carboxylic acids is 1. The Labute approximate surface area is 113 Å². The first-order chi connectivity index (χ1) is 8.60. The molecule has 0 aliphatic rings. The molecule has 2 unspecified atom stereocenters. The molecule has 18 heavy (non-hydrogen) atoms. The van der Waals surface area contributed by atoms with Gasteiger partial charge in [-0.05, 0) is 25.4 Å². The molecule has 4 heteroatoms. The molecule has 0 aliphatic heterocycles. The minimum Gasteiger partial charge on any atom is -0.460 e. The van der Waals surface area contributed by atoms with Crippen LogP contribution in [-0.4, -0.2) is 26.6 Å². The van der Waals surface area contributed by atoms with Crippen LogP contribution in [0.4, 0.5) is 0 Å². The molecular formula is C14H28O3Si. The first kappa shape index (κ1) is 17.4. The quantitative estimate of drug-likeness (QED) is 0.344. The molecule has 0 bridgehead atoms. The van der Waals surface area contributed by atoms with Crippen LogP contribution in [0, 0.1) is 0 Å². The van der Waals surface area contributed by atoms with Gasteiger partial charge >= 0.3 is 5.97 Å². The summed E-state index contributed by atoms with van der Waals surface area (Å²) < 4.78 is 11.7. The van der Waals surface area contributed by atoms with Crippen molar-refractivity contribution in [3.8, 4) is 0 Å². The molecule has 0 radical (unpaired) electrons. The van der Waals surface area contributed by atoms with Crippen LogP contribution < -0.4 is 0 Å². The van der Waals surface area contributed by atoms with Gasteiger partial charge in [0.05, 0.1) is 0 Å². The summed E-state index contributed by atoms with van der Waals surface area (Å²) in [5.74, 6) is -0.324. The predicted octanol–water partition coefficient (Wildman–Crippen LogP) is 3.84. The summed E-state index contributed by atoms with van der Waals surface area (Å²) in [6.07, 6.45) is 4.21. The van der Waals surface area contributed by atoms with E-state index in [-0.39, 0.29) is 11.7 Å². The largest absolute Gasteiger partial charge is 0.460 e. The van der Waals surface area contributed by atoms with Gasteiger partial charge in [0.15, 0.2) is 0 Å². The average molecular weight is 272 g/mol. The fraction of sp³-hybridized carbons (Fsp3) is 0.786. The SMILES string of the molecule is C=CC(=O)OC(CCC)[Si](CC)(CCC)OCC. The molecule has 2 atom stereocenters. The molecule has 0 heterocycles. The lowest BCUT2D eigenvalue weighted by atomic mass is 10.3. The number of hydrogen-bond donors (Lipinski definition) is 0. The van der Waals surface area contributed by atoms with Crippen molar-refractivity contribution in [3.63, 3.8) is 0 Å². The standard InChI is InChI=1S/C14H28O3Si/c1-6-11-14(17-13(15)8-3)18(10-5,12-7-2)16-9-4/h8,14H,3,6-7,9-12H2,1-2,4-5H3. The molecule has 0 rings (SSSR count). The highest BCUT2D eigenvalue weighted by Gasteiger charge is 2.42. The summed E-state index contributed by atoms with van der Waals surface area (Å²) in [6, 6.07) is 2.04. The van der Waals surface area contributed by atoms with E-state index in [1.807, 2.05) is 6.92 Å². The molecule has 0 fully saturated rings. The molecule has 0 aromatic rings. The van der Waals surface area contributed by atoms with Crippen LogP contribution in [0.1, 0.15) is 47.0 Å². The number of rotatable bonds is 10. The van der Waals surface area contributed by atoms with Crippen molar-refractivity contribution in [2.75, 3.05) is 6.61 Å². The maximum atomic E-state index is 11.5. The van der Waals surface area contributed by atoms with Gasteiger partial charge in [-0.2, -0.15) is 0 Å². The molecule has 0 aromatic carbocycles. The van der Waals surface area contributed by atoms with Gasteiger partial charge < -0.3 is 9.16 Å². The molecule has 0 saturated heterocycles. The van der Waals surface area contributed by atoms with Crippen molar-refractivity contribution in [1.29, 1.82) is 0 Å². The third-order valence-electron chi connectivity index (χ3n) is 3.27. The Morgan fingerprint density at radius 3 is 2.33 bits per heavy atom. The lowest BCUT2D eigenvalue weighted by molar-refractivity contribution is -0.140. The van der Waals surface area contributed by atoms with Gasteiger partial charge in [0.1, 0.15) is 5.73 Å².